The third-order valence-corrected chi connectivity index (χ3v) is 3.22. The largest absolute Gasteiger partial charge is 0.511 e. The summed E-state index contributed by atoms with van der Waals surface area (Å²) >= 11 is 0. The summed E-state index contributed by atoms with van der Waals surface area (Å²) in [6.07, 6.45) is 2.56. The van der Waals surface area contributed by atoms with Gasteiger partial charge in [0.15, 0.2) is 11.5 Å². The van der Waals surface area contributed by atoms with E-state index in [4.69, 9.17) is 9.84 Å². The molecule has 0 heterocycles. The average molecular weight is 317 g/mol. The van der Waals surface area contributed by atoms with E-state index >= 15 is 0 Å². The molecule has 2 N–H and O–H groups in total. The molecule has 0 unspecified atom stereocenters. The molecule has 0 aliphatic rings. The molecule has 0 aromatic heterocycles. The molecule has 7 heteroatoms. The smallest absolute Gasteiger partial charge is 0.493 e. The molecule has 0 spiro atoms. The molecule has 1 aromatic rings. The summed E-state index contributed by atoms with van der Waals surface area (Å²) in [5, 5.41) is 30.5. The van der Waals surface area contributed by atoms with Gasteiger partial charge in [-0.2, -0.15) is 10.5 Å². The fraction of sp³-hybridized carbons (Fsp3) is 0.438. The lowest BCUT2D eigenvalue weighted by Gasteiger charge is -2.15. The van der Waals surface area contributed by atoms with Crippen molar-refractivity contribution in [3.63, 3.8) is 0 Å². The van der Waals surface area contributed by atoms with Crippen molar-refractivity contribution in [2.24, 2.45) is 0 Å². The van der Waals surface area contributed by atoms with Crippen LogP contribution in [0.25, 0.3) is 0 Å². The molecule has 0 saturated heterocycles. The predicted molar refractivity (Wildman–Crippen MR) is 83.7 cm³/mol. The SMILES string of the molecule is CCCCCCNc1c(C#N)cc(OC)c(OC(=O)O)c1C#N. The maximum Gasteiger partial charge on any atom is 0.511 e. The number of nitriles is 2. The van der Waals surface area contributed by atoms with Gasteiger partial charge >= 0.3 is 6.16 Å². The Kier molecular flexibility index (Phi) is 7.22. The minimum atomic E-state index is -1.56. The fourth-order valence-electron chi connectivity index (χ4n) is 2.12. The third kappa shape index (κ3) is 4.79. The van der Waals surface area contributed by atoms with Gasteiger partial charge in [-0.05, 0) is 6.42 Å². The average Bonchev–Trinajstić information content (AvgIpc) is 2.54. The fourth-order valence-corrected chi connectivity index (χ4v) is 2.12. The number of nitrogens with one attached hydrogen (secondary N) is 1. The standard InChI is InChI=1S/C16H19N3O4/c1-3-4-5-6-7-19-14-11(9-17)8-13(22-2)15(12(14)10-18)23-16(20)21/h8,19H,3-7H2,1-2H3,(H,20,21). The van der Waals surface area contributed by atoms with E-state index in [-0.39, 0.29) is 28.3 Å². The Morgan fingerprint density at radius 3 is 2.57 bits per heavy atom. The summed E-state index contributed by atoms with van der Waals surface area (Å²) < 4.78 is 9.69. The van der Waals surface area contributed by atoms with Crippen LogP contribution in [-0.4, -0.2) is 24.9 Å². The van der Waals surface area contributed by atoms with E-state index in [9.17, 15) is 15.3 Å². The van der Waals surface area contributed by atoms with Gasteiger partial charge in [-0.1, -0.05) is 26.2 Å². The zero-order valence-corrected chi connectivity index (χ0v) is 13.2. The van der Waals surface area contributed by atoms with Crippen molar-refractivity contribution >= 4 is 11.8 Å². The molecule has 0 saturated carbocycles. The van der Waals surface area contributed by atoms with Crippen LogP contribution in [0, 0.1) is 22.7 Å². The molecule has 7 nitrogen and oxygen atoms in total. The molecule has 0 fully saturated rings. The number of carbonyl (C=O) groups is 1. The molecule has 0 amide bonds. The number of hydrogen-bond donors (Lipinski definition) is 2. The van der Waals surface area contributed by atoms with E-state index < -0.39 is 6.16 Å². The molecule has 0 aliphatic carbocycles. The zero-order valence-electron chi connectivity index (χ0n) is 13.2. The number of ether oxygens (including phenoxy) is 2. The van der Waals surface area contributed by atoms with Crippen molar-refractivity contribution in [3.8, 4) is 23.6 Å². The summed E-state index contributed by atoms with van der Waals surface area (Å²) in [5.41, 5.74) is 0.411. The second-order valence-corrected chi connectivity index (χ2v) is 4.78. The van der Waals surface area contributed by atoms with Crippen LogP contribution in [0.1, 0.15) is 43.7 Å². The van der Waals surface area contributed by atoms with Crippen molar-refractivity contribution in [2.75, 3.05) is 19.0 Å². The van der Waals surface area contributed by atoms with Gasteiger partial charge in [0.1, 0.15) is 17.7 Å². The first-order chi connectivity index (χ1) is 11.1. The highest BCUT2D eigenvalue weighted by molar-refractivity contribution is 5.77. The molecule has 0 bridgehead atoms. The van der Waals surface area contributed by atoms with Crippen molar-refractivity contribution in [2.45, 2.75) is 32.6 Å². The molecule has 1 aromatic carbocycles. The Morgan fingerprint density at radius 1 is 1.30 bits per heavy atom. The number of rotatable bonds is 8. The van der Waals surface area contributed by atoms with Crippen LogP contribution in [0.15, 0.2) is 6.07 Å². The molecule has 0 atom stereocenters. The first-order valence-electron chi connectivity index (χ1n) is 7.28. The highest BCUT2D eigenvalue weighted by atomic mass is 16.7. The van der Waals surface area contributed by atoms with E-state index in [1.165, 1.54) is 13.2 Å². The van der Waals surface area contributed by atoms with Crippen LogP contribution in [0.3, 0.4) is 0 Å². The van der Waals surface area contributed by atoms with Crippen LogP contribution in [0.2, 0.25) is 0 Å². The van der Waals surface area contributed by atoms with Crippen molar-refractivity contribution in [1.82, 2.24) is 0 Å². The Bertz CT molecular complexity index is 644. The van der Waals surface area contributed by atoms with E-state index in [2.05, 4.69) is 17.0 Å². The molecule has 0 aliphatic heterocycles. The number of benzene rings is 1. The second kappa shape index (κ2) is 9.16. The highest BCUT2D eigenvalue weighted by Crippen LogP contribution is 2.38. The Labute approximate surface area is 135 Å². The lowest BCUT2D eigenvalue weighted by molar-refractivity contribution is 0.142. The molecule has 1 rings (SSSR count). The lowest BCUT2D eigenvalue weighted by Crippen LogP contribution is -2.10. The minimum Gasteiger partial charge on any atom is -0.493 e. The summed E-state index contributed by atoms with van der Waals surface area (Å²) in [6, 6.07) is 5.22. The predicted octanol–water partition coefficient (Wildman–Crippen LogP) is 3.49. The van der Waals surface area contributed by atoms with Gasteiger partial charge in [0.2, 0.25) is 0 Å². The Morgan fingerprint density at radius 2 is 2.04 bits per heavy atom. The van der Waals surface area contributed by atoms with Crippen molar-refractivity contribution in [3.05, 3.63) is 17.2 Å². The van der Waals surface area contributed by atoms with Gasteiger partial charge in [-0.3, -0.25) is 0 Å². The van der Waals surface area contributed by atoms with Crippen LogP contribution in [0.4, 0.5) is 10.5 Å². The molecule has 122 valence electrons. The number of carboxylic acid groups (broad SMARTS) is 1. The van der Waals surface area contributed by atoms with E-state index in [0.29, 0.717) is 6.54 Å². The first-order valence-corrected chi connectivity index (χ1v) is 7.28. The topological polar surface area (TPSA) is 115 Å². The van der Waals surface area contributed by atoms with E-state index in [0.717, 1.165) is 25.7 Å². The van der Waals surface area contributed by atoms with Gasteiger partial charge < -0.3 is 19.9 Å². The normalized spacial score (nSPS) is 9.57. The van der Waals surface area contributed by atoms with Gasteiger partial charge in [0.25, 0.3) is 0 Å². The molecule has 23 heavy (non-hydrogen) atoms. The Balaban J connectivity index is 3.18. The molecule has 0 radical (unpaired) electrons. The highest BCUT2D eigenvalue weighted by Gasteiger charge is 2.22. The number of methoxy groups -OCH3 is 1. The van der Waals surface area contributed by atoms with Crippen molar-refractivity contribution < 1.29 is 19.4 Å². The first kappa shape index (κ1) is 18.1. The van der Waals surface area contributed by atoms with Gasteiger partial charge in [-0.25, -0.2) is 4.79 Å². The summed E-state index contributed by atoms with van der Waals surface area (Å²) in [5.74, 6) is -0.186. The van der Waals surface area contributed by atoms with Gasteiger partial charge in [0.05, 0.1) is 18.4 Å². The van der Waals surface area contributed by atoms with Crippen LogP contribution < -0.4 is 14.8 Å². The lowest BCUT2D eigenvalue weighted by atomic mass is 10.1. The maximum atomic E-state index is 10.8. The molecular weight excluding hydrogens is 298 g/mol. The maximum absolute atomic E-state index is 10.8. The van der Waals surface area contributed by atoms with Crippen LogP contribution >= 0.6 is 0 Å². The van der Waals surface area contributed by atoms with Crippen molar-refractivity contribution in [1.29, 1.82) is 10.5 Å². The summed E-state index contributed by atoms with van der Waals surface area (Å²) in [6.45, 7) is 2.68. The number of hydrogen-bond acceptors (Lipinski definition) is 6. The van der Waals surface area contributed by atoms with E-state index in [1.54, 1.807) is 0 Å². The third-order valence-electron chi connectivity index (χ3n) is 3.22. The minimum absolute atomic E-state index is 0.0250. The number of anilines is 1. The second-order valence-electron chi connectivity index (χ2n) is 4.78. The van der Waals surface area contributed by atoms with Gasteiger partial charge in [-0.15, -0.1) is 0 Å². The van der Waals surface area contributed by atoms with Crippen LogP contribution in [0.5, 0.6) is 11.5 Å². The number of nitrogens with zero attached hydrogens (tertiary/aromatic N) is 2. The quantitative estimate of drug-likeness (QED) is 0.428. The summed E-state index contributed by atoms with van der Waals surface area (Å²) in [7, 11) is 1.31. The van der Waals surface area contributed by atoms with E-state index in [1.807, 2.05) is 12.1 Å². The number of unbranched alkanes of at least 4 members (excludes halogenated alkanes) is 3. The monoisotopic (exact) mass is 317 g/mol. The van der Waals surface area contributed by atoms with Crippen LogP contribution in [-0.2, 0) is 0 Å². The zero-order chi connectivity index (χ0) is 17.2. The van der Waals surface area contributed by atoms with Gasteiger partial charge in [0, 0.05) is 12.6 Å². The molecular formula is C16H19N3O4. The summed E-state index contributed by atoms with van der Waals surface area (Å²) in [4.78, 5) is 10.8. The Hall–Kier alpha value is -2.93.